The molecule has 1 rings (SSSR count). The number of rotatable bonds is 5. The van der Waals surface area contributed by atoms with Crippen LogP contribution in [0.25, 0.3) is 0 Å². The number of ether oxygens (including phenoxy) is 1. The van der Waals surface area contributed by atoms with Crippen molar-refractivity contribution in [1.29, 1.82) is 0 Å². The van der Waals surface area contributed by atoms with E-state index in [2.05, 4.69) is 17.1 Å². The average molecular weight is 205 g/mol. The lowest BCUT2D eigenvalue weighted by molar-refractivity contribution is 0.0254. The molecule has 0 aliphatic carbocycles. The second-order valence-electron chi connectivity index (χ2n) is 4.01. The summed E-state index contributed by atoms with van der Waals surface area (Å²) in [6.45, 7) is 7.50. The van der Waals surface area contributed by atoms with E-state index in [-0.39, 0.29) is 5.60 Å². The van der Waals surface area contributed by atoms with Crippen LogP contribution in [0.4, 0.5) is 0 Å². The first-order valence-corrected chi connectivity index (χ1v) is 5.33. The van der Waals surface area contributed by atoms with Gasteiger partial charge in [-0.1, -0.05) is 30.3 Å². The van der Waals surface area contributed by atoms with E-state index in [0.29, 0.717) is 6.61 Å². The SMILES string of the molecule is CC/N=C\C(C)(C)OCc1ccccc1. The molecule has 0 bridgehead atoms. The third-order valence-electron chi connectivity index (χ3n) is 2.04. The summed E-state index contributed by atoms with van der Waals surface area (Å²) in [5, 5.41) is 0. The molecule has 0 heterocycles. The molecule has 2 heteroatoms. The van der Waals surface area contributed by atoms with Crippen LogP contribution in [0.1, 0.15) is 26.3 Å². The maximum atomic E-state index is 5.77. The summed E-state index contributed by atoms with van der Waals surface area (Å²) >= 11 is 0. The van der Waals surface area contributed by atoms with E-state index in [1.807, 2.05) is 45.2 Å². The zero-order valence-electron chi connectivity index (χ0n) is 9.73. The van der Waals surface area contributed by atoms with Crippen molar-refractivity contribution in [1.82, 2.24) is 0 Å². The second-order valence-corrected chi connectivity index (χ2v) is 4.01. The molecule has 0 N–H and O–H groups in total. The molecule has 2 nitrogen and oxygen atoms in total. The highest BCUT2D eigenvalue weighted by molar-refractivity contribution is 5.67. The zero-order valence-corrected chi connectivity index (χ0v) is 9.73. The van der Waals surface area contributed by atoms with Crippen molar-refractivity contribution in [2.75, 3.05) is 6.54 Å². The monoisotopic (exact) mass is 205 g/mol. The fourth-order valence-electron chi connectivity index (χ4n) is 1.19. The average Bonchev–Trinajstić information content (AvgIpc) is 2.25. The van der Waals surface area contributed by atoms with Gasteiger partial charge in [0.25, 0.3) is 0 Å². The van der Waals surface area contributed by atoms with Gasteiger partial charge in [-0.15, -0.1) is 0 Å². The summed E-state index contributed by atoms with van der Waals surface area (Å²) in [7, 11) is 0. The molecule has 0 fully saturated rings. The molecule has 0 aromatic heterocycles. The zero-order chi connectivity index (χ0) is 11.1. The Morgan fingerprint density at radius 2 is 1.93 bits per heavy atom. The number of hydrogen-bond acceptors (Lipinski definition) is 2. The van der Waals surface area contributed by atoms with Gasteiger partial charge < -0.3 is 4.74 Å². The van der Waals surface area contributed by atoms with Gasteiger partial charge in [0.2, 0.25) is 0 Å². The van der Waals surface area contributed by atoms with Crippen molar-refractivity contribution in [3.63, 3.8) is 0 Å². The van der Waals surface area contributed by atoms with E-state index in [4.69, 9.17) is 4.74 Å². The fraction of sp³-hybridized carbons (Fsp3) is 0.462. The first kappa shape index (κ1) is 11.9. The molecule has 0 unspecified atom stereocenters. The molecule has 0 aliphatic heterocycles. The highest BCUT2D eigenvalue weighted by atomic mass is 16.5. The first-order chi connectivity index (χ1) is 7.14. The molecule has 0 saturated carbocycles. The van der Waals surface area contributed by atoms with Crippen molar-refractivity contribution in [2.45, 2.75) is 33.0 Å². The Kier molecular flexibility index (Phi) is 4.50. The van der Waals surface area contributed by atoms with E-state index in [9.17, 15) is 0 Å². The lowest BCUT2D eigenvalue weighted by Crippen LogP contribution is -2.26. The number of benzene rings is 1. The van der Waals surface area contributed by atoms with Gasteiger partial charge in [0, 0.05) is 12.8 Å². The van der Waals surface area contributed by atoms with Gasteiger partial charge in [-0.3, -0.25) is 4.99 Å². The normalized spacial score (nSPS) is 12.2. The lowest BCUT2D eigenvalue weighted by atomic mass is 10.1. The Bertz CT molecular complexity index is 304. The maximum Gasteiger partial charge on any atom is 0.0976 e. The van der Waals surface area contributed by atoms with Gasteiger partial charge in [-0.2, -0.15) is 0 Å². The molecule has 0 spiro atoms. The first-order valence-electron chi connectivity index (χ1n) is 5.33. The summed E-state index contributed by atoms with van der Waals surface area (Å²) in [4.78, 5) is 4.21. The van der Waals surface area contributed by atoms with Crippen LogP contribution < -0.4 is 0 Å². The summed E-state index contributed by atoms with van der Waals surface area (Å²) in [5.41, 5.74) is 0.904. The van der Waals surface area contributed by atoms with Crippen molar-refractivity contribution >= 4 is 6.21 Å². The van der Waals surface area contributed by atoms with Gasteiger partial charge in [-0.05, 0) is 26.3 Å². The van der Waals surface area contributed by atoms with E-state index < -0.39 is 0 Å². The van der Waals surface area contributed by atoms with Gasteiger partial charge in [0.1, 0.15) is 0 Å². The molecule has 0 saturated heterocycles. The summed E-state index contributed by atoms with van der Waals surface area (Å²) < 4.78 is 5.77. The highest BCUT2D eigenvalue weighted by Gasteiger charge is 2.14. The predicted molar refractivity (Wildman–Crippen MR) is 64.3 cm³/mol. The summed E-state index contributed by atoms with van der Waals surface area (Å²) in [6.07, 6.45) is 1.87. The van der Waals surface area contributed by atoms with Crippen LogP contribution in [-0.2, 0) is 11.3 Å². The molecule has 1 aromatic carbocycles. The molecule has 0 aliphatic rings. The molecule has 82 valence electrons. The van der Waals surface area contributed by atoms with E-state index in [1.165, 1.54) is 5.56 Å². The molecule has 0 atom stereocenters. The standard InChI is InChI=1S/C13H19NO/c1-4-14-11-13(2,3)15-10-12-8-6-5-7-9-12/h5-9,11H,4,10H2,1-3H3/b14-11-. The van der Waals surface area contributed by atoms with Gasteiger partial charge >= 0.3 is 0 Å². The Labute approximate surface area is 92.0 Å². The maximum absolute atomic E-state index is 5.77. The van der Waals surface area contributed by atoms with Crippen LogP contribution in [0.15, 0.2) is 35.3 Å². The van der Waals surface area contributed by atoms with Crippen LogP contribution in [0.3, 0.4) is 0 Å². The number of aliphatic imine (C=N–C) groups is 1. The van der Waals surface area contributed by atoms with Crippen LogP contribution in [-0.4, -0.2) is 18.4 Å². The number of hydrogen-bond donors (Lipinski definition) is 0. The molecule has 1 aromatic rings. The van der Waals surface area contributed by atoms with Crippen LogP contribution in [0.2, 0.25) is 0 Å². The van der Waals surface area contributed by atoms with Gasteiger partial charge in [-0.25, -0.2) is 0 Å². The van der Waals surface area contributed by atoms with Crippen LogP contribution in [0.5, 0.6) is 0 Å². The Balaban J connectivity index is 2.46. The van der Waals surface area contributed by atoms with E-state index in [0.717, 1.165) is 6.54 Å². The van der Waals surface area contributed by atoms with Crippen molar-refractivity contribution in [3.8, 4) is 0 Å². The minimum atomic E-state index is -0.286. The second kappa shape index (κ2) is 5.66. The molecule has 0 amide bonds. The Morgan fingerprint density at radius 3 is 2.53 bits per heavy atom. The molecule has 15 heavy (non-hydrogen) atoms. The minimum Gasteiger partial charge on any atom is -0.365 e. The minimum absolute atomic E-state index is 0.286. The fourth-order valence-corrected chi connectivity index (χ4v) is 1.19. The van der Waals surface area contributed by atoms with E-state index >= 15 is 0 Å². The third kappa shape index (κ3) is 4.75. The van der Waals surface area contributed by atoms with Gasteiger partial charge in [0.15, 0.2) is 0 Å². The van der Waals surface area contributed by atoms with E-state index in [1.54, 1.807) is 0 Å². The largest absolute Gasteiger partial charge is 0.365 e. The van der Waals surface area contributed by atoms with Gasteiger partial charge in [0.05, 0.1) is 12.2 Å². The Morgan fingerprint density at radius 1 is 1.27 bits per heavy atom. The molecular formula is C13H19NO. The van der Waals surface area contributed by atoms with Crippen molar-refractivity contribution < 1.29 is 4.74 Å². The van der Waals surface area contributed by atoms with Crippen LogP contribution in [0, 0.1) is 0 Å². The third-order valence-corrected chi connectivity index (χ3v) is 2.04. The predicted octanol–water partition coefficient (Wildman–Crippen LogP) is 3.07. The number of nitrogens with zero attached hydrogens (tertiary/aromatic N) is 1. The Hall–Kier alpha value is -1.15. The lowest BCUT2D eigenvalue weighted by Gasteiger charge is -2.20. The summed E-state index contributed by atoms with van der Waals surface area (Å²) in [5.74, 6) is 0. The smallest absolute Gasteiger partial charge is 0.0976 e. The summed E-state index contributed by atoms with van der Waals surface area (Å²) in [6, 6.07) is 10.2. The highest BCUT2D eigenvalue weighted by Crippen LogP contribution is 2.10. The van der Waals surface area contributed by atoms with Crippen LogP contribution >= 0.6 is 0 Å². The quantitative estimate of drug-likeness (QED) is 0.677. The molecular weight excluding hydrogens is 186 g/mol. The van der Waals surface area contributed by atoms with Crippen molar-refractivity contribution in [3.05, 3.63) is 35.9 Å². The van der Waals surface area contributed by atoms with Crippen molar-refractivity contribution in [2.24, 2.45) is 4.99 Å². The molecule has 0 radical (unpaired) electrons. The topological polar surface area (TPSA) is 21.6 Å².